The summed E-state index contributed by atoms with van der Waals surface area (Å²) in [5.74, 6) is -1.32. The number of pyridine rings is 1. The molecule has 0 aromatic carbocycles. The molecule has 0 spiro atoms. The smallest absolute Gasteiger partial charge is 0.306 e. The number of nitrogens with zero attached hydrogens (tertiary/aromatic N) is 3. The van der Waals surface area contributed by atoms with E-state index in [4.69, 9.17) is 22.3 Å². The molecular weight excluding hydrogens is 345 g/mol. The van der Waals surface area contributed by atoms with Crippen LogP contribution < -0.4 is 4.90 Å². The highest BCUT2D eigenvalue weighted by molar-refractivity contribution is 8.13. The van der Waals surface area contributed by atoms with Crippen molar-refractivity contribution in [3.8, 4) is 0 Å². The van der Waals surface area contributed by atoms with Gasteiger partial charge in [-0.05, 0) is 0 Å². The number of halogens is 2. The predicted octanol–water partition coefficient (Wildman–Crippen LogP) is 1.56. The first-order valence-corrected chi connectivity index (χ1v) is 8.55. The molecule has 1 aliphatic rings. The lowest BCUT2D eigenvalue weighted by Gasteiger charge is -2.16. The van der Waals surface area contributed by atoms with Crippen LogP contribution in [0.5, 0.6) is 0 Å². The van der Waals surface area contributed by atoms with Gasteiger partial charge in [0.25, 0.3) is 0 Å². The molecule has 1 amide bonds. The van der Waals surface area contributed by atoms with Crippen LogP contribution in [-0.2, 0) is 13.8 Å². The van der Waals surface area contributed by atoms with E-state index in [1.807, 2.05) is 0 Å². The number of nitro groups is 1. The van der Waals surface area contributed by atoms with E-state index in [2.05, 4.69) is 4.98 Å². The number of hydrogen-bond acceptors (Lipinski definition) is 6. The maximum absolute atomic E-state index is 12.0. The van der Waals surface area contributed by atoms with Crippen molar-refractivity contribution in [2.24, 2.45) is 5.92 Å². The Hall–Kier alpha value is -1.45. The maximum atomic E-state index is 12.0. The molecule has 1 unspecified atom stereocenters. The zero-order chi connectivity index (χ0) is 15.8. The second-order valence-corrected chi connectivity index (χ2v) is 7.74. The molecule has 0 bridgehead atoms. The second kappa shape index (κ2) is 5.74. The van der Waals surface area contributed by atoms with Crippen LogP contribution in [-0.4, -0.2) is 36.5 Å². The summed E-state index contributed by atoms with van der Waals surface area (Å²) in [7, 11) is 1.41. The van der Waals surface area contributed by atoms with Gasteiger partial charge in [-0.15, -0.1) is 0 Å². The van der Waals surface area contributed by atoms with Crippen LogP contribution in [0.3, 0.4) is 0 Å². The zero-order valence-electron chi connectivity index (χ0n) is 10.4. The summed E-state index contributed by atoms with van der Waals surface area (Å²) in [6.07, 6.45) is 0.902. The Kier molecular flexibility index (Phi) is 4.35. The van der Waals surface area contributed by atoms with E-state index in [1.54, 1.807) is 0 Å². The fourth-order valence-corrected chi connectivity index (χ4v) is 3.65. The first-order chi connectivity index (χ1) is 9.67. The molecule has 1 saturated heterocycles. The lowest BCUT2D eigenvalue weighted by molar-refractivity contribution is -0.384. The van der Waals surface area contributed by atoms with Crippen LogP contribution in [0.15, 0.2) is 12.3 Å². The van der Waals surface area contributed by atoms with E-state index in [0.717, 1.165) is 11.1 Å². The minimum Gasteiger partial charge on any atom is -0.306 e. The molecule has 1 atom stereocenters. The SMILES string of the molecule is O=C1CC(CS(=O)(=O)Cl)CN1c1cc(Cl)ncc1[N+](=O)[O-]. The van der Waals surface area contributed by atoms with Crippen molar-refractivity contribution in [1.29, 1.82) is 0 Å². The van der Waals surface area contributed by atoms with Crippen LogP contribution in [0.2, 0.25) is 5.15 Å². The van der Waals surface area contributed by atoms with Gasteiger partial charge in [0.15, 0.2) is 0 Å². The Bertz CT molecular complexity index is 709. The maximum Gasteiger partial charge on any atom is 0.311 e. The van der Waals surface area contributed by atoms with Gasteiger partial charge in [0.1, 0.15) is 17.0 Å². The van der Waals surface area contributed by atoms with Crippen LogP contribution in [0.1, 0.15) is 6.42 Å². The number of carbonyl (C=O) groups is 1. The fraction of sp³-hybridized carbons (Fsp3) is 0.400. The summed E-state index contributed by atoms with van der Waals surface area (Å²) in [5.41, 5.74) is -0.374. The Balaban J connectivity index is 2.33. The van der Waals surface area contributed by atoms with E-state index < -0.39 is 25.8 Å². The molecule has 1 aromatic rings. The van der Waals surface area contributed by atoms with Gasteiger partial charge in [-0.25, -0.2) is 13.4 Å². The van der Waals surface area contributed by atoms with Gasteiger partial charge in [0.2, 0.25) is 15.0 Å². The number of amides is 1. The minimum atomic E-state index is -3.75. The fourth-order valence-electron chi connectivity index (χ4n) is 2.18. The van der Waals surface area contributed by atoms with Crippen molar-refractivity contribution in [2.75, 3.05) is 17.2 Å². The molecule has 0 N–H and O–H groups in total. The normalized spacial score (nSPS) is 19.0. The Morgan fingerprint density at radius 1 is 1.52 bits per heavy atom. The van der Waals surface area contributed by atoms with E-state index in [9.17, 15) is 23.3 Å². The molecule has 21 heavy (non-hydrogen) atoms. The standard InChI is InChI=1S/C10H9Cl2N3O5S/c11-9-2-7(8(3-13-9)15(17)18)14-4-6(1-10(14)16)5-21(12,19)20/h2-3,6H,1,4-5H2. The third kappa shape index (κ3) is 3.80. The molecule has 0 radical (unpaired) electrons. The van der Waals surface area contributed by atoms with Gasteiger partial charge in [0, 0.05) is 35.6 Å². The molecule has 1 aliphatic heterocycles. The van der Waals surface area contributed by atoms with E-state index in [1.165, 1.54) is 6.07 Å². The molecule has 2 heterocycles. The topological polar surface area (TPSA) is 110 Å². The van der Waals surface area contributed by atoms with E-state index in [0.29, 0.717) is 0 Å². The third-order valence-electron chi connectivity index (χ3n) is 2.96. The number of rotatable bonds is 4. The van der Waals surface area contributed by atoms with E-state index >= 15 is 0 Å². The minimum absolute atomic E-state index is 0.000490. The summed E-state index contributed by atoms with van der Waals surface area (Å²) in [4.78, 5) is 27.0. The van der Waals surface area contributed by atoms with Crippen LogP contribution in [0.25, 0.3) is 0 Å². The molecular formula is C10H9Cl2N3O5S. The van der Waals surface area contributed by atoms with Crippen molar-refractivity contribution in [2.45, 2.75) is 6.42 Å². The highest BCUT2D eigenvalue weighted by Gasteiger charge is 2.36. The number of anilines is 1. The van der Waals surface area contributed by atoms with Crippen molar-refractivity contribution in [3.05, 3.63) is 27.5 Å². The molecule has 0 saturated carbocycles. The zero-order valence-corrected chi connectivity index (χ0v) is 12.7. The van der Waals surface area contributed by atoms with Crippen LogP contribution >= 0.6 is 22.3 Å². The first-order valence-electron chi connectivity index (χ1n) is 5.70. The number of aromatic nitrogens is 1. The third-order valence-corrected chi connectivity index (χ3v) is 4.41. The largest absolute Gasteiger partial charge is 0.311 e. The molecule has 0 aliphatic carbocycles. The molecule has 8 nitrogen and oxygen atoms in total. The monoisotopic (exact) mass is 353 g/mol. The van der Waals surface area contributed by atoms with E-state index in [-0.39, 0.29) is 35.2 Å². The lowest BCUT2D eigenvalue weighted by atomic mass is 10.1. The first kappa shape index (κ1) is 15.9. The molecule has 2 rings (SSSR count). The van der Waals surface area contributed by atoms with Crippen molar-refractivity contribution in [3.63, 3.8) is 0 Å². The number of hydrogen-bond donors (Lipinski definition) is 0. The highest BCUT2D eigenvalue weighted by atomic mass is 35.7. The summed E-state index contributed by atoms with van der Waals surface area (Å²) in [5, 5.41) is 11.0. The molecule has 1 aromatic heterocycles. The van der Waals surface area contributed by atoms with Crippen LogP contribution in [0, 0.1) is 16.0 Å². The summed E-state index contributed by atoms with van der Waals surface area (Å²) in [6.45, 7) is 0.0198. The van der Waals surface area contributed by atoms with Gasteiger partial charge in [-0.3, -0.25) is 14.9 Å². The summed E-state index contributed by atoms with van der Waals surface area (Å²) in [6, 6.07) is 1.20. The van der Waals surface area contributed by atoms with Gasteiger partial charge < -0.3 is 4.90 Å². The Labute approximate surface area is 129 Å². The molecule has 11 heteroatoms. The van der Waals surface area contributed by atoms with Crippen molar-refractivity contribution < 1.29 is 18.1 Å². The van der Waals surface area contributed by atoms with Crippen molar-refractivity contribution in [1.82, 2.24) is 4.98 Å². The van der Waals surface area contributed by atoms with Gasteiger partial charge in [0.05, 0.1) is 10.7 Å². The predicted molar refractivity (Wildman–Crippen MR) is 76.0 cm³/mol. The van der Waals surface area contributed by atoms with Gasteiger partial charge in [-0.1, -0.05) is 11.6 Å². The van der Waals surface area contributed by atoms with Crippen LogP contribution in [0.4, 0.5) is 11.4 Å². The summed E-state index contributed by atoms with van der Waals surface area (Å²) < 4.78 is 22.1. The average Bonchev–Trinajstić information content (AvgIpc) is 2.66. The average molecular weight is 354 g/mol. The van der Waals surface area contributed by atoms with Gasteiger partial charge in [-0.2, -0.15) is 0 Å². The summed E-state index contributed by atoms with van der Waals surface area (Å²) >= 11 is 5.70. The van der Waals surface area contributed by atoms with Gasteiger partial charge >= 0.3 is 5.69 Å². The lowest BCUT2D eigenvalue weighted by Crippen LogP contribution is -2.26. The highest BCUT2D eigenvalue weighted by Crippen LogP contribution is 2.34. The molecule has 1 fully saturated rings. The Morgan fingerprint density at radius 2 is 2.19 bits per heavy atom. The quantitative estimate of drug-likeness (QED) is 0.351. The second-order valence-electron chi connectivity index (χ2n) is 4.53. The Morgan fingerprint density at radius 3 is 2.76 bits per heavy atom. The number of carbonyl (C=O) groups excluding carboxylic acids is 1. The van der Waals surface area contributed by atoms with Crippen molar-refractivity contribution >= 4 is 48.6 Å². The molecule has 114 valence electrons.